The largest absolute Gasteiger partial charge is 0.481 e. The molecule has 1 aliphatic rings. The zero-order valence-corrected chi connectivity index (χ0v) is 12.7. The number of carboxylic acid groups (broad SMARTS) is 1. The number of hydrogen-bond acceptors (Lipinski definition) is 4. The maximum atomic E-state index is 12.4. The van der Waals surface area contributed by atoms with Crippen LogP contribution in [0.5, 0.6) is 0 Å². The fourth-order valence-electron chi connectivity index (χ4n) is 2.63. The van der Waals surface area contributed by atoms with Gasteiger partial charge in [0.05, 0.1) is 13.2 Å². The molecule has 1 atom stereocenters. The van der Waals surface area contributed by atoms with Crippen LogP contribution in [0.15, 0.2) is 0 Å². The third-order valence-corrected chi connectivity index (χ3v) is 3.76. The zero-order chi connectivity index (χ0) is 15.7. The van der Waals surface area contributed by atoms with Gasteiger partial charge in [-0.2, -0.15) is 0 Å². The van der Waals surface area contributed by atoms with E-state index < -0.39 is 5.97 Å². The summed E-state index contributed by atoms with van der Waals surface area (Å²) >= 11 is 0. The molecule has 2 amide bonds. The van der Waals surface area contributed by atoms with Gasteiger partial charge in [0, 0.05) is 39.7 Å². The lowest BCUT2D eigenvalue weighted by Crippen LogP contribution is -2.49. The predicted molar refractivity (Wildman–Crippen MR) is 77.1 cm³/mol. The highest BCUT2D eigenvalue weighted by atomic mass is 16.5. The van der Waals surface area contributed by atoms with E-state index in [1.165, 1.54) is 0 Å². The van der Waals surface area contributed by atoms with E-state index in [4.69, 9.17) is 14.9 Å². The standard InChI is InChI=1S/C14H26N2O5/c1-21-10-8-15(7-9-17)14(20)16-6-2-3-12(11-16)4-5-13(18)19/h12,17H,2-11H2,1H3,(H,18,19). The second-order valence-electron chi connectivity index (χ2n) is 5.37. The van der Waals surface area contributed by atoms with Gasteiger partial charge in [-0.25, -0.2) is 4.79 Å². The van der Waals surface area contributed by atoms with E-state index in [2.05, 4.69) is 0 Å². The summed E-state index contributed by atoms with van der Waals surface area (Å²) in [5, 5.41) is 17.8. The molecule has 21 heavy (non-hydrogen) atoms. The van der Waals surface area contributed by atoms with Crippen LogP contribution in [0.1, 0.15) is 25.7 Å². The molecule has 1 fully saturated rings. The van der Waals surface area contributed by atoms with Gasteiger partial charge in [-0.05, 0) is 25.2 Å². The topological polar surface area (TPSA) is 90.3 Å². The van der Waals surface area contributed by atoms with E-state index >= 15 is 0 Å². The fourth-order valence-corrected chi connectivity index (χ4v) is 2.63. The smallest absolute Gasteiger partial charge is 0.320 e. The number of carboxylic acids is 1. The van der Waals surface area contributed by atoms with E-state index in [9.17, 15) is 9.59 Å². The summed E-state index contributed by atoms with van der Waals surface area (Å²) in [5.74, 6) is -0.544. The summed E-state index contributed by atoms with van der Waals surface area (Å²) < 4.78 is 4.98. The Balaban J connectivity index is 2.51. The van der Waals surface area contributed by atoms with Crippen LogP contribution in [-0.4, -0.2) is 78.5 Å². The maximum Gasteiger partial charge on any atom is 0.320 e. The van der Waals surface area contributed by atoms with E-state index in [0.29, 0.717) is 39.2 Å². The highest BCUT2D eigenvalue weighted by Gasteiger charge is 2.27. The first kappa shape index (κ1) is 17.7. The molecule has 0 spiro atoms. The van der Waals surface area contributed by atoms with Gasteiger partial charge >= 0.3 is 12.0 Å². The van der Waals surface area contributed by atoms with Crippen molar-refractivity contribution >= 4 is 12.0 Å². The molecule has 7 heteroatoms. The van der Waals surface area contributed by atoms with E-state index in [-0.39, 0.29) is 25.0 Å². The number of rotatable bonds is 8. The lowest BCUT2D eigenvalue weighted by Gasteiger charge is -2.36. The number of carbonyl (C=O) groups is 2. The Morgan fingerprint density at radius 3 is 2.76 bits per heavy atom. The number of aliphatic hydroxyl groups excluding tert-OH is 1. The number of likely N-dealkylation sites (tertiary alicyclic amines) is 1. The van der Waals surface area contributed by atoms with Gasteiger partial charge in [0.2, 0.25) is 0 Å². The maximum absolute atomic E-state index is 12.4. The van der Waals surface area contributed by atoms with E-state index in [0.717, 1.165) is 12.8 Å². The number of aliphatic carboxylic acids is 1. The molecule has 0 radical (unpaired) electrons. The van der Waals surface area contributed by atoms with Crippen molar-refractivity contribution in [1.82, 2.24) is 9.80 Å². The minimum absolute atomic E-state index is 0.0776. The van der Waals surface area contributed by atoms with Gasteiger partial charge in [-0.15, -0.1) is 0 Å². The Morgan fingerprint density at radius 1 is 1.38 bits per heavy atom. The Kier molecular flexibility index (Phi) is 8.07. The number of carbonyl (C=O) groups excluding carboxylic acids is 1. The average Bonchev–Trinajstić information content (AvgIpc) is 2.49. The van der Waals surface area contributed by atoms with Crippen molar-refractivity contribution in [2.45, 2.75) is 25.7 Å². The van der Waals surface area contributed by atoms with Crippen LogP contribution in [0.25, 0.3) is 0 Å². The Bertz CT molecular complexity index is 337. The molecule has 122 valence electrons. The van der Waals surface area contributed by atoms with Gasteiger partial charge in [0.15, 0.2) is 0 Å². The van der Waals surface area contributed by atoms with Crippen molar-refractivity contribution in [3.8, 4) is 0 Å². The SMILES string of the molecule is COCCN(CCO)C(=O)N1CCCC(CCC(=O)O)C1. The van der Waals surface area contributed by atoms with Crippen molar-refractivity contribution in [3.63, 3.8) is 0 Å². The lowest BCUT2D eigenvalue weighted by atomic mass is 9.93. The molecule has 2 N–H and O–H groups in total. The normalized spacial score (nSPS) is 18.6. The summed E-state index contributed by atoms with van der Waals surface area (Å²) in [6.45, 7) is 2.39. The van der Waals surface area contributed by atoms with Crippen LogP contribution in [0.4, 0.5) is 4.79 Å². The molecule has 0 aromatic heterocycles. The van der Waals surface area contributed by atoms with Gasteiger partial charge in [-0.3, -0.25) is 4.79 Å². The van der Waals surface area contributed by atoms with Crippen molar-refractivity contribution < 1.29 is 24.5 Å². The minimum Gasteiger partial charge on any atom is -0.481 e. The van der Waals surface area contributed by atoms with Crippen molar-refractivity contribution in [2.75, 3.05) is 46.5 Å². The summed E-state index contributed by atoms with van der Waals surface area (Å²) in [6.07, 6.45) is 2.62. The quantitative estimate of drug-likeness (QED) is 0.686. The van der Waals surface area contributed by atoms with Crippen LogP contribution < -0.4 is 0 Å². The lowest BCUT2D eigenvalue weighted by molar-refractivity contribution is -0.137. The van der Waals surface area contributed by atoms with Crippen molar-refractivity contribution in [1.29, 1.82) is 0 Å². The van der Waals surface area contributed by atoms with Crippen molar-refractivity contribution in [2.24, 2.45) is 5.92 Å². The molecule has 1 saturated heterocycles. The molecule has 7 nitrogen and oxygen atoms in total. The average molecular weight is 302 g/mol. The molecular formula is C14H26N2O5. The van der Waals surface area contributed by atoms with Gasteiger partial charge in [0.1, 0.15) is 0 Å². The first-order valence-electron chi connectivity index (χ1n) is 7.44. The number of amides is 2. The monoisotopic (exact) mass is 302 g/mol. The van der Waals surface area contributed by atoms with Gasteiger partial charge < -0.3 is 24.7 Å². The second-order valence-corrected chi connectivity index (χ2v) is 5.37. The number of piperidine rings is 1. The Hall–Kier alpha value is -1.34. The number of hydrogen-bond donors (Lipinski definition) is 2. The van der Waals surface area contributed by atoms with Crippen molar-refractivity contribution in [3.05, 3.63) is 0 Å². The zero-order valence-electron chi connectivity index (χ0n) is 12.7. The van der Waals surface area contributed by atoms with E-state index in [1.807, 2.05) is 0 Å². The van der Waals surface area contributed by atoms with Crippen LogP contribution in [0.3, 0.4) is 0 Å². The van der Waals surface area contributed by atoms with Crippen LogP contribution >= 0.6 is 0 Å². The van der Waals surface area contributed by atoms with Crippen LogP contribution in [0, 0.1) is 5.92 Å². The number of ether oxygens (including phenoxy) is 1. The van der Waals surface area contributed by atoms with Gasteiger partial charge in [-0.1, -0.05) is 0 Å². The summed E-state index contributed by atoms with van der Waals surface area (Å²) in [5.41, 5.74) is 0. The Labute approximate surface area is 125 Å². The first-order valence-corrected chi connectivity index (χ1v) is 7.44. The molecule has 1 heterocycles. The molecular weight excluding hydrogens is 276 g/mol. The highest BCUT2D eigenvalue weighted by Crippen LogP contribution is 2.21. The summed E-state index contributed by atoms with van der Waals surface area (Å²) in [4.78, 5) is 26.4. The number of nitrogens with zero attached hydrogens (tertiary/aromatic N) is 2. The number of urea groups is 1. The second kappa shape index (κ2) is 9.57. The third kappa shape index (κ3) is 6.31. The molecule has 0 aliphatic carbocycles. The first-order chi connectivity index (χ1) is 10.1. The predicted octanol–water partition coefficient (Wildman–Crippen LogP) is 0.624. The molecule has 0 aromatic rings. The van der Waals surface area contributed by atoms with Gasteiger partial charge in [0.25, 0.3) is 0 Å². The molecule has 0 saturated carbocycles. The van der Waals surface area contributed by atoms with E-state index in [1.54, 1.807) is 16.9 Å². The molecule has 0 bridgehead atoms. The number of methoxy groups -OCH3 is 1. The Morgan fingerprint density at radius 2 is 2.14 bits per heavy atom. The summed E-state index contributed by atoms with van der Waals surface area (Å²) in [7, 11) is 1.57. The van der Waals surface area contributed by atoms with Crippen LogP contribution in [0.2, 0.25) is 0 Å². The fraction of sp³-hybridized carbons (Fsp3) is 0.857. The molecule has 0 aromatic carbocycles. The third-order valence-electron chi connectivity index (χ3n) is 3.76. The minimum atomic E-state index is -0.791. The molecule has 1 aliphatic heterocycles. The molecule has 1 unspecified atom stereocenters. The molecule has 1 rings (SSSR count). The van der Waals surface area contributed by atoms with Crippen LogP contribution in [-0.2, 0) is 9.53 Å². The highest BCUT2D eigenvalue weighted by molar-refractivity contribution is 5.74. The summed E-state index contributed by atoms with van der Waals surface area (Å²) in [6, 6.07) is -0.0962. The number of aliphatic hydroxyl groups is 1.